The van der Waals surface area contributed by atoms with Crippen LogP contribution in [0.4, 0.5) is 5.13 Å². The monoisotopic (exact) mass is 211 g/mol. The highest BCUT2D eigenvalue weighted by Gasteiger charge is 2.17. The van der Waals surface area contributed by atoms with E-state index in [1.54, 1.807) is 11.3 Å². The second-order valence-electron chi connectivity index (χ2n) is 3.62. The molecule has 0 amide bonds. The van der Waals surface area contributed by atoms with Crippen molar-refractivity contribution in [1.29, 1.82) is 0 Å². The third-order valence-electron chi connectivity index (χ3n) is 2.66. The van der Waals surface area contributed by atoms with Crippen molar-refractivity contribution in [2.24, 2.45) is 5.73 Å². The normalized spacial score (nSPS) is 16.6. The number of nitrogens with two attached hydrogens (primary N) is 1. The second kappa shape index (κ2) is 4.28. The van der Waals surface area contributed by atoms with Gasteiger partial charge in [0, 0.05) is 24.5 Å². The Labute approximate surface area is 88.9 Å². The predicted molar refractivity (Wildman–Crippen MR) is 60.8 cm³/mol. The van der Waals surface area contributed by atoms with Crippen molar-refractivity contribution in [2.45, 2.75) is 32.7 Å². The zero-order valence-corrected chi connectivity index (χ0v) is 9.44. The average Bonchev–Trinajstić information content (AvgIpc) is 2.85. The van der Waals surface area contributed by atoms with Crippen LogP contribution in [0, 0.1) is 0 Å². The summed E-state index contributed by atoms with van der Waals surface area (Å²) in [6.45, 7) is 5.11. The Kier molecular flexibility index (Phi) is 3.03. The van der Waals surface area contributed by atoms with Crippen LogP contribution < -0.4 is 10.6 Å². The van der Waals surface area contributed by atoms with E-state index in [1.807, 2.05) is 0 Å². The Bertz CT molecular complexity index is 281. The van der Waals surface area contributed by atoms with Crippen LogP contribution in [0.2, 0.25) is 0 Å². The smallest absolute Gasteiger partial charge is 0.185 e. The van der Waals surface area contributed by atoms with Crippen molar-refractivity contribution >= 4 is 16.5 Å². The molecule has 0 saturated carbocycles. The molecule has 0 atom stereocenters. The Hall–Kier alpha value is -0.610. The summed E-state index contributed by atoms with van der Waals surface area (Å²) >= 11 is 1.77. The molecule has 1 saturated heterocycles. The Balaban J connectivity index is 2.21. The fourth-order valence-electron chi connectivity index (χ4n) is 1.85. The lowest BCUT2D eigenvalue weighted by Gasteiger charge is -2.12. The largest absolute Gasteiger partial charge is 0.348 e. The number of nitrogens with zero attached hydrogens (tertiary/aromatic N) is 2. The summed E-state index contributed by atoms with van der Waals surface area (Å²) in [5.41, 5.74) is 6.88. The van der Waals surface area contributed by atoms with E-state index in [9.17, 15) is 0 Å². The Morgan fingerprint density at radius 3 is 2.64 bits per heavy atom. The summed E-state index contributed by atoms with van der Waals surface area (Å²) in [6, 6.07) is 0. The summed E-state index contributed by atoms with van der Waals surface area (Å²) in [7, 11) is 0. The summed E-state index contributed by atoms with van der Waals surface area (Å²) < 4.78 is 0. The molecule has 1 aliphatic rings. The molecule has 2 N–H and O–H groups in total. The first-order valence-corrected chi connectivity index (χ1v) is 6.10. The fourth-order valence-corrected chi connectivity index (χ4v) is 2.93. The number of aromatic nitrogens is 1. The molecule has 3 nitrogen and oxygen atoms in total. The molecule has 0 aromatic carbocycles. The molecule has 2 rings (SSSR count). The zero-order chi connectivity index (χ0) is 9.97. The molecule has 78 valence electrons. The lowest BCUT2D eigenvalue weighted by Crippen LogP contribution is -2.17. The van der Waals surface area contributed by atoms with Crippen molar-refractivity contribution in [3.05, 3.63) is 10.6 Å². The lowest BCUT2D eigenvalue weighted by atomic mass is 10.3. The highest BCUT2D eigenvalue weighted by molar-refractivity contribution is 7.15. The molecule has 2 heterocycles. The molecule has 4 heteroatoms. The SMILES string of the molecule is CCc1nc(N2CCCC2)sc1CN. The van der Waals surface area contributed by atoms with Crippen LogP contribution in [0.5, 0.6) is 0 Å². The predicted octanol–water partition coefficient (Wildman–Crippen LogP) is 1.76. The lowest BCUT2D eigenvalue weighted by molar-refractivity contribution is 0.931. The highest BCUT2D eigenvalue weighted by atomic mass is 32.1. The Morgan fingerprint density at radius 2 is 2.14 bits per heavy atom. The number of rotatable bonds is 3. The maximum absolute atomic E-state index is 5.69. The molecule has 1 aliphatic heterocycles. The van der Waals surface area contributed by atoms with E-state index in [-0.39, 0.29) is 0 Å². The molecule has 1 aromatic heterocycles. The van der Waals surface area contributed by atoms with Gasteiger partial charge in [-0.25, -0.2) is 4.98 Å². The van der Waals surface area contributed by atoms with Crippen LogP contribution in [-0.2, 0) is 13.0 Å². The van der Waals surface area contributed by atoms with Crippen LogP contribution in [0.1, 0.15) is 30.3 Å². The van der Waals surface area contributed by atoms with Crippen molar-refractivity contribution in [3.8, 4) is 0 Å². The second-order valence-corrected chi connectivity index (χ2v) is 4.68. The fraction of sp³-hybridized carbons (Fsp3) is 0.700. The molecule has 0 unspecified atom stereocenters. The molecule has 0 bridgehead atoms. The van der Waals surface area contributed by atoms with Crippen LogP contribution >= 0.6 is 11.3 Å². The number of hydrogen-bond acceptors (Lipinski definition) is 4. The zero-order valence-electron chi connectivity index (χ0n) is 8.62. The van der Waals surface area contributed by atoms with Gasteiger partial charge in [0.05, 0.1) is 5.69 Å². The third kappa shape index (κ3) is 1.77. The minimum absolute atomic E-state index is 0.634. The van der Waals surface area contributed by atoms with Crippen LogP contribution in [0.3, 0.4) is 0 Å². The molecule has 0 spiro atoms. The number of aryl methyl sites for hydroxylation is 1. The van der Waals surface area contributed by atoms with Crippen molar-refractivity contribution in [1.82, 2.24) is 4.98 Å². The van der Waals surface area contributed by atoms with E-state index in [0.29, 0.717) is 6.54 Å². The van der Waals surface area contributed by atoms with Gasteiger partial charge in [-0.1, -0.05) is 6.92 Å². The van der Waals surface area contributed by atoms with Gasteiger partial charge in [0.2, 0.25) is 0 Å². The molecular formula is C10H17N3S. The van der Waals surface area contributed by atoms with E-state index in [2.05, 4.69) is 16.8 Å². The third-order valence-corrected chi connectivity index (χ3v) is 3.84. The molecule has 14 heavy (non-hydrogen) atoms. The molecule has 0 radical (unpaired) electrons. The van der Waals surface area contributed by atoms with Crippen molar-refractivity contribution in [3.63, 3.8) is 0 Å². The number of thiazole rings is 1. The topological polar surface area (TPSA) is 42.2 Å². The highest BCUT2D eigenvalue weighted by Crippen LogP contribution is 2.28. The first kappa shape index (κ1) is 9.93. The van der Waals surface area contributed by atoms with Crippen molar-refractivity contribution in [2.75, 3.05) is 18.0 Å². The number of anilines is 1. The Morgan fingerprint density at radius 1 is 1.43 bits per heavy atom. The van der Waals surface area contributed by atoms with Gasteiger partial charge in [-0.15, -0.1) is 11.3 Å². The van der Waals surface area contributed by atoms with E-state index in [0.717, 1.165) is 6.42 Å². The van der Waals surface area contributed by atoms with Gasteiger partial charge in [-0.3, -0.25) is 0 Å². The summed E-state index contributed by atoms with van der Waals surface area (Å²) in [5, 5.41) is 1.18. The van der Waals surface area contributed by atoms with E-state index >= 15 is 0 Å². The average molecular weight is 211 g/mol. The van der Waals surface area contributed by atoms with Crippen LogP contribution in [0.25, 0.3) is 0 Å². The minimum Gasteiger partial charge on any atom is -0.348 e. The van der Waals surface area contributed by atoms with Crippen molar-refractivity contribution < 1.29 is 0 Å². The quantitative estimate of drug-likeness (QED) is 0.828. The van der Waals surface area contributed by atoms with Gasteiger partial charge >= 0.3 is 0 Å². The van der Waals surface area contributed by atoms with Gasteiger partial charge in [-0.2, -0.15) is 0 Å². The molecule has 0 aliphatic carbocycles. The van der Waals surface area contributed by atoms with Gasteiger partial charge in [0.1, 0.15) is 0 Å². The standard InChI is InChI=1S/C10H17N3S/c1-2-8-9(7-11)14-10(12-8)13-5-3-4-6-13/h2-7,11H2,1H3. The first-order valence-electron chi connectivity index (χ1n) is 5.28. The van der Waals surface area contributed by atoms with E-state index in [4.69, 9.17) is 5.73 Å². The maximum atomic E-state index is 5.69. The van der Waals surface area contributed by atoms with Gasteiger partial charge in [0.25, 0.3) is 0 Å². The maximum Gasteiger partial charge on any atom is 0.185 e. The van der Waals surface area contributed by atoms with Crippen LogP contribution in [-0.4, -0.2) is 18.1 Å². The minimum atomic E-state index is 0.634. The summed E-state index contributed by atoms with van der Waals surface area (Å²) in [4.78, 5) is 8.28. The van der Waals surface area contributed by atoms with Gasteiger partial charge < -0.3 is 10.6 Å². The van der Waals surface area contributed by atoms with E-state index < -0.39 is 0 Å². The molecule has 1 fully saturated rings. The number of hydrogen-bond donors (Lipinski definition) is 1. The van der Waals surface area contributed by atoms with Gasteiger partial charge in [0.15, 0.2) is 5.13 Å². The van der Waals surface area contributed by atoms with Crippen LogP contribution in [0.15, 0.2) is 0 Å². The molecule has 1 aromatic rings. The van der Waals surface area contributed by atoms with E-state index in [1.165, 1.54) is 41.6 Å². The summed E-state index contributed by atoms with van der Waals surface area (Å²) in [5.74, 6) is 0. The molecular weight excluding hydrogens is 194 g/mol. The first-order chi connectivity index (χ1) is 6.85. The van der Waals surface area contributed by atoms with Gasteiger partial charge in [-0.05, 0) is 19.3 Å². The summed E-state index contributed by atoms with van der Waals surface area (Å²) in [6.07, 6.45) is 3.61.